The van der Waals surface area contributed by atoms with Crippen molar-refractivity contribution in [2.24, 2.45) is 5.92 Å². The maximum absolute atomic E-state index is 13.1. The highest BCUT2D eigenvalue weighted by atomic mass is 35.5. The van der Waals surface area contributed by atoms with Gasteiger partial charge in [-0.25, -0.2) is 4.98 Å². The number of nitrogens with zero attached hydrogens (tertiary/aromatic N) is 4. The van der Waals surface area contributed by atoms with E-state index < -0.39 is 0 Å². The number of hydrogen-bond acceptors (Lipinski definition) is 4. The Hall–Kier alpha value is -2.73. The molecule has 0 aliphatic heterocycles. The van der Waals surface area contributed by atoms with Gasteiger partial charge in [0.2, 0.25) is 5.91 Å². The lowest BCUT2D eigenvalue weighted by atomic mass is 9.78. The van der Waals surface area contributed by atoms with Crippen LogP contribution in [0.2, 0.25) is 5.02 Å². The van der Waals surface area contributed by atoms with E-state index in [-0.39, 0.29) is 11.8 Å². The summed E-state index contributed by atoms with van der Waals surface area (Å²) in [6.45, 7) is 5.19. The summed E-state index contributed by atoms with van der Waals surface area (Å²) in [6.07, 6.45) is 14.0. The number of pyridine rings is 2. The predicted molar refractivity (Wildman–Crippen MR) is 132 cm³/mol. The Labute approximate surface area is 200 Å². The minimum absolute atomic E-state index is 0.0270. The first-order valence-electron chi connectivity index (χ1n) is 12.0. The summed E-state index contributed by atoms with van der Waals surface area (Å²) in [5.41, 5.74) is 4.33. The van der Waals surface area contributed by atoms with Gasteiger partial charge in [0.25, 0.3) is 0 Å². The highest BCUT2D eigenvalue weighted by Crippen LogP contribution is 2.37. The maximum Gasteiger partial charge on any atom is 0.228 e. The third kappa shape index (κ3) is 5.44. The number of amides is 1. The molecule has 3 aromatic heterocycles. The van der Waals surface area contributed by atoms with Crippen molar-refractivity contribution in [2.75, 3.05) is 5.32 Å². The number of aryl methyl sites for hydroxylation is 1. The van der Waals surface area contributed by atoms with Crippen molar-refractivity contribution in [3.05, 3.63) is 59.3 Å². The second-order valence-electron chi connectivity index (χ2n) is 8.86. The van der Waals surface area contributed by atoms with Crippen molar-refractivity contribution < 1.29 is 4.79 Å². The van der Waals surface area contributed by atoms with Crippen LogP contribution in [-0.2, 0) is 17.8 Å². The van der Waals surface area contributed by atoms with Crippen LogP contribution in [-0.4, -0.2) is 25.7 Å². The van der Waals surface area contributed by atoms with Crippen LogP contribution in [0.4, 0.5) is 5.82 Å². The molecule has 1 fully saturated rings. The molecular formula is C26H32ClN5O. The molecule has 4 rings (SSSR count). The average Bonchev–Trinajstić information content (AvgIpc) is 3.23. The van der Waals surface area contributed by atoms with Gasteiger partial charge >= 0.3 is 0 Å². The van der Waals surface area contributed by atoms with Gasteiger partial charge in [0.15, 0.2) is 0 Å². The summed E-state index contributed by atoms with van der Waals surface area (Å²) in [5, 5.41) is 8.21. The van der Waals surface area contributed by atoms with Gasteiger partial charge in [0.05, 0.1) is 11.2 Å². The smallest absolute Gasteiger partial charge is 0.228 e. The van der Waals surface area contributed by atoms with Crippen LogP contribution >= 0.6 is 11.6 Å². The summed E-state index contributed by atoms with van der Waals surface area (Å²) >= 11 is 6.54. The monoisotopic (exact) mass is 465 g/mol. The molecule has 1 saturated carbocycles. The van der Waals surface area contributed by atoms with E-state index in [0.29, 0.717) is 16.8 Å². The number of anilines is 1. The molecule has 33 heavy (non-hydrogen) atoms. The molecule has 0 aromatic carbocycles. The van der Waals surface area contributed by atoms with E-state index in [2.05, 4.69) is 51.0 Å². The summed E-state index contributed by atoms with van der Waals surface area (Å²) in [4.78, 5) is 21.6. The van der Waals surface area contributed by atoms with Crippen molar-refractivity contribution in [3.8, 4) is 11.1 Å². The van der Waals surface area contributed by atoms with Crippen LogP contribution in [0.15, 0.2) is 43.0 Å². The number of aromatic nitrogens is 4. The first kappa shape index (κ1) is 23.4. The largest absolute Gasteiger partial charge is 0.310 e. The zero-order valence-corrected chi connectivity index (χ0v) is 20.2. The van der Waals surface area contributed by atoms with Crippen LogP contribution < -0.4 is 5.32 Å². The fourth-order valence-electron chi connectivity index (χ4n) is 4.85. The molecule has 1 aliphatic rings. The van der Waals surface area contributed by atoms with E-state index >= 15 is 0 Å². The number of rotatable bonds is 8. The highest BCUT2D eigenvalue weighted by Gasteiger charge is 2.28. The molecule has 2 atom stereocenters. The lowest BCUT2D eigenvalue weighted by molar-refractivity contribution is -0.120. The SMILES string of the molecule is CCCc1c(-c2cc(NC(=O)[C@@H]3CCC[C@@H](c4ccncc4)C3)ncc2Cl)cnn1CCC. The standard InChI is InChI=1S/C26H32ClN5O/c1-3-6-24-22(16-30-32(24)13-4-2)21-15-25(29-17-23(21)27)31-26(33)20-8-5-7-19(14-20)18-9-11-28-12-10-18/h9-12,15-17,19-20H,3-8,13-14H2,1-2H3,(H,29,31,33)/t19-,20-/m1/s1. The number of nitrogens with one attached hydrogen (secondary N) is 1. The van der Waals surface area contributed by atoms with Gasteiger partial charge in [-0.05, 0) is 61.8 Å². The van der Waals surface area contributed by atoms with Gasteiger partial charge in [-0.15, -0.1) is 0 Å². The Morgan fingerprint density at radius 3 is 2.73 bits per heavy atom. The third-order valence-electron chi connectivity index (χ3n) is 6.49. The first-order valence-corrected chi connectivity index (χ1v) is 12.4. The number of carbonyl (C=O) groups is 1. The fourth-order valence-corrected chi connectivity index (χ4v) is 5.05. The minimum atomic E-state index is -0.0270. The molecule has 1 aliphatic carbocycles. The molecule has 0 saturated heterocycles. The maximum atomic E-state index is 13.1. The second-order valence-corrected chi connectivity index (χ2v) is 9.26. The quantitative estimate of drug-likeness (QED) is 0.425. The van der Waals surface area contributed by atoms with Gasteiger partial charge in [-0.2, -0.15) is 5.10 Å². The normalized spacial score (nSPS) is 18.3. The molecule has 0 unspecified atom stereocenters. The van der Waals surface area contributed by atoms with Gasteiger partial charge in [0, 0.05) is 47.9 Å². The summed E-state index contributed by atoms with van der Waals surface area (Å²) < 4.78 is 2.06. The van der Waals surface area contributed by atoms with Gasteiger partial charge in [-0.1, -0.05) is 38.3 Å². The molecule has 0 spiro atoms. The molecule has 6 nitrogen and oxygen atoms in total. The number of hydrogen-bond donors (Lipinski definition) is 1. The molecule has 1 N–H and O–H groups in total. The third-order valence-corrected chi connectivity index (χ3v) is 6.79. The van der Waals surface area contributed by atoms with Crippen LogP contribution in [0.5, 0.6) is 0 Å². The molecular weight excluding hydrogens is 434 g/mol. The number of carbonyl (C=O) groups excluding carboxylic acids is 1. The van der Waals surface area contributed by atoms with Gasteiger partial charge < -0.3 is 5.32 Å². The van der Waals surface area contributed by atoms with Crippen LogP contribution in [0.25, 0.3) is 11.1 Å². The Morgan fingerprint density at radius 1 is 1.15 bits per heavy atom. The first-order chi connectivity index (χ1) is 16.1. The zero-order chi connectivity index (χ0) is 23.2. The van der Waals surface area contributed by atoms with E-state index in [1.54, 1.807) is 6.20 Å². The van der Waals surface area contributed by atoms with Crippen molar-refractivity contribution >= 4 is 23.3 Å². The fraction of sp³-hybridized carbons (Fsp3) is 0.462. The summed E-state index contributed by atoms with van der Waals surface area (Å²) in [6, 6.07) is 6.00. The van der Waals surface area contributed by atoms with Crippen molar-refractivity contribution in [2.45, 2.75) is 71.3 Å². The Bertz CT molecular complexity index is 1080. The second kappa shape index (κ2) is 10.9. The van der Waals surface area contributed by atoms with E-state index in [1.807, 2.05) is 24.7 Å². The molecule has 174 valence electrons. The molecule has 1 amide bonds. The average molecular weight is 466 g/mol. The van der Waals surface area contributed by atoms with E-state index in [9.17, 15) is 4.79 Å². The van der Waals surface area contributed by atoms with Crippen LogP contribution in [0, 0.1) is 5.92 Å². The topological polar surface area (TPSA) is 72.7 Å². The van der Waals surface area contributed by atoms with E-state index in [1.165, 1.54) is 11.3 Å². The highest BCUT2D eigenvalue weighted by molar-refractivity contribution is 6.33. The lowest BCUT2D eigenvalue weighted by Crippen LogP contribution is -2.27. The summed E-state index contributed by atoms with van der Waals surface area (Å²) in [5.74, 6) is 0.939. The lowest BCUT2D eigenvalue weighted by Gasteiger charge is -2.28. The van der Waals surface area contributed by atoms with Gasteiger partial charge in [-0.3, -0.25) is 14.5 Å². The van der Waals surface area contributed by atoms with Crippen molar-refractivity contribution in [3.63, 3.8) is 0 Å². The Morgan fingerprint density at radius 2 is 1.97 bits per heavy atom. The summed E-state index contributed by atoms with van der Waals surface area (Å²) in [7, 11) is 0. The van der Waals surface area contributed by atoms with E-state index in [0.717, 1.165) is 62.6 Å². The zero-order valence-electron chi connectivity index (χ0n) is 19.4. The molecule has 0 bridgehead atoms. The van der Waals surface area contributed by atoms with E-state index in [4.69, 9.17) is 11.6 Å². The van der Waals surface area contributed by atoms with Crippen molar-refractivity contribution in [1.82, 2.24) is 19.7 Å². The van der Waals surface area contributed by atoms with Gasteiger partial charge in [0.1, 0.15) is 5.82 Å². The Balaban J connectivity index is 1.52. The predicted octanol–water partition coefficient (Wildman–Crippen LogP) is 6.27. The van der Waals surface area contributed by atoms with Crippen LogP contribution in [0.3, 0.4) is 0 Å². The minimum Gasteiger partial charge on any atom is -0.310 e. The van der Waals surface area contributed by atoms with Crippen LogP contribution in [0.1, 0.15) is 69.5 Å². The van der Waals surface area contributed by atoms with Crippen molar-refractivity contribution in [1.29, 1.82) is 0 Å². The Kier molecular flexibility index (Phi) is 7.76. The molecule has 3 heterocycles. The number of halogens is 1. The molecule has 3 aromatic rings. The molecule has 0 radical (unpaired) electrons. The molecule has 7 heteroatoms.